The van der Waals surface area contributed by atoms with E-state index in [2.05, 4.69) is 32.6 Å². The van der Waals surface area contributed by atoms with E-state index in [4.69, 9.17) is 5.73 Å². The van der Waals surface area contributed by atoms with Crippen LogP contribution in [-0.4, -0.2) is 15.9 Å². The van der Waals surface area contributed by atoms with Gasteiger partial charge in [-0.25, -0.2) is 9.97 Å². The van der Waals surface area contributed by atoms with E-state index in [0.717, 1.165) is 16.4 Å². The molecule has 0 radical (unpaired) electrons. The smallest absolute Gasteiger partial charge is 0.231 e. The largest absolute Gasteiger partial charge is 0.369 e. The van der Waals surface area contributed by atoms with Crippen LogP contribution in [0.1, 0.15) is 18.7 Å². The molecular weight excluding hydrogens is 281 g/mol. The van der Waals surface area contributed by atoms with Crippen LogP contribution in [0.5, 0.6) is 0 Å². The van der Waals surface area contributed by atoms with Crippen LogP contribution in [0.25, 0.3) is 0 Å². The molecule has 0 unspecified atom stereocenters. The van der Waals surface area contributed by atoms with Gasteiger partial charge in [-0.05, 0) is 35.4 Å². The molecule has 0 bridgehead atoms. The molecule has 0 atom stereocenters. The van der Waals surface area contributed by atoms with Crippen LogP contribution in [-0.2, 0) is 10.2 Å². The van der Waals surface area contributed by atoms with E-state index in [9.17, 15) is 4.79 Å². The van der Waals surface area contributed by atoms with Crippen LogP contribution in [0.2, 0.25) is 0 Å². The fraction of sp³-hybridized carbons (Fsp3) is 0.375. The number of hydrogen-bond acceptors (Lipinski definition) is 3. The number of amides is 1. The van der Waals surface area contributed by atoms with Gasteiger partial charge in [-0.1, -0.05) is 0 Å². The Morgan fingerprint density at radius 1 is 1.46 bits per heavy atom. The highest BCUT2D eigenvalue weighted by molar-refractivity contribution is 14.1. The Morgan fingerprint density at radius 2 is 2.00 bits per heavy atom. The summed E-state index contributed by atoms with van der Waals surface area (Å²) in [5, 5.41) is 0. The van der Waals surface area contributed by atoms with Gasteiger partial charge in [-0.15, -0.1) is 0 Å². The van der Waals surface area contributed by atoms with Crippen molar-refractivity contribution in [1.82, 2.24) is 9.97 Å². The highest BCUT2D eigenvalue weighted by atomic mass is 127. The first-order chi connectivity index (χ1) is 6.15. The Kier molecular flexibility index (Phi) is 1.98. The van der Waals surface area contributed by atoms with Gasteiger partial charge < -0.3 is 5.73 Å². The minimum Gasteiger partial charge on any atom is -0.369 e. The first kappa shape index (κ1) is 8.86. The van der Waals surface area contributed by atoms with Gasteiger partial charge in [-0.3, -0.25) is 4.79 Å². The second kappa shape index (κ2) is 2.90. The lowest BCUT2D eigenvalue weighted by molar-refractivity contribution is -0.120. The molecule has 1 aromatic rings. The van der Waals surface area contributed by atoms with Crippen molar-refractivity contribution in [2.75, 3.05) is 0 Å². The zero-order valence-corrected chi connectivity index (χ0v) is 8.98. The third kappa shape index (κ3) is 1.41. The number of nitrogens with two attached hydrogens (primary N) is 1. The van der Waals surface area contributed by atoms with Gasteiger partial charge >= 0.3 is 0 Å². The Morgan fingerprint density at radius 3 is 2.38 bits per heavy atom. The molecule has 1 aromatic heterocycles. The average Bonchev–Trinajstić information content (AvgIpc) is 2.86. The van der Waals surface area contributed by atoms with Gasteiger partial charge in [0.25, 0.3) is 0 Å². The van der Waals surface area contributed by atoms with E-state index in [-0.39, 0.29) is 5.91 Å². The van der Waals surface area contributed by atoms with Gasteiger partial charge in [0.05, 0.1) is 0 Å². The van der Waals surface area contributed by atoms with Crippen molar-refractivity contribution in [2.45, 2.75) is 18.3 Å². The van der Waals surface area contributed by atoms with Crippen molar-refractivity contribution < 1.29 is 4.79 Å². The molecule has 0 aliphatic heterocycles. The van der Waals surface area contributed by atoms with Crippen molar-refractivity contribution in [2.24, 2.45) is 5.73 Å². The summed E-state index contributed by atoms with van der Waals surface area (Å²) in [5.41, 5.74) is 4.73. The number of carbonyl (C=O) groups excluding carboxylic acids is 1. The summed E-state index contributed by atoms with van der Waals surface area (Å²) < 4.78 is 0.960. The average molecular weight is 289 g/mol. The standard InChI is InChI=1S/C8H8IN3O/c9-5-3-11-7(12-4-5)8(1-2-8)6(10)13/h3-4H,1-2H2,(H2,10,13). The summed E-state index contributed by atoms with van der Waals surface area (Å²) in [6.07, 6.45) is 4.96. The van der Waals surface area contributed by atoms with Crippen LogP contribution in [0.15, 0.2) is 12.4 Å². The van der Waals surface area contributed by atoms with Crippen LogP contribution in [0, 0.1) is 3.57 Å². The van der Waals surface area contributed by atoms with E-state index in [1.165, 1.54) is 0 Å². The van der Waals surface area contributed by atoms with Gasteiger partial charge in [-0.2, -0.15) is 0 Å². The molecule has 1 aliphatic carbocycles. The van der Waals surface area contributed by atoms with Crippen LogP contribution in [0.4, 0.5) is 0 Å². The van der Waals surface area contributed by atoms with Crippen molar-refractivity contribution in [3.8, 4) is 0 Å². The first-order valence-electron chi connectivity index (χ1n) is 3.93. The van der Waals surface area contributed by atoms with Gasteiger partial charge in [0.2, 0.25) is 5.91 Å². The monoisotopic (exact) mass is 289 g/mol. The number of aromatic nitrogens is 2. The number of primary amides is 1. The summed E-state index contributed by atoms with van der Waals surface area (Å²) in [5.74, 6) is 0.258. The number of hydrogen-bond donors (Lipinski definition) is 1. The lowest BCUT2D eigenvalue weighted by Gasteiger charge is -2.07. The molecule has 68 valence electrons. The van der Waals surface area contributed by atoms with Crippen molar-refractivity contribution in [3.05, 3.63) is 21.8 Å². The molecule has 5 heteroatoms. The predicted molar refractivity (Wildman–Crippen MR) is 54.9 cm³/mol. The number of rotatable bonds is 2. The molecule has 1 aliphatic rings. The number of halogens is 1. The minimum atomic E-state index is -0.551. The van der Waals surface area contributed by atoms with Gasteiger partial charge in [0, 0.05) is 16.0 Å². The molecule has 1 saturated carbocycles. The summed E-state index contributed by atoms with van der Waals surface area (Å²) in [7, 11) is 0. The molecule has 13 heavy (non-hydrogen) atoms. The van der Waals surface area contributed by atoms with Crippen LogP contribution in [0.3, 0.4) is 0 Å². The minimum absolute atomic E-state index is 0.311. The molecule has 0 saturated heterocycles. The predicted octanol–water partition coefficient (Wildman–Crippen LogP) is 0.598. The maximum absolute atomic E-state index is 11.1. The van der Waals surface area contributed by atoms with Crippen LogP contribution < -0.4 is 5.73 Å². The zero-order valence-electron chi connectivity index (χ0n) is 6.83. The lowest BCUT2D eigenvalue weighted by Crippen LogP contribution is -2.30. The topological polar surface area (TPSA) is 68.9 Å². The molecule has 0 aromatic carbocycles. The molecule has 1 heterocycles. The van der Waals surface area contributed by atoms with E-state index in [0.29, 0.717) is 5.82 Å². The summed E-state index contributed by atoms with van der Waals surface area (Å²) in [4.78, 5) is 19.3. The Labute approximate surface area is 89.1 Å². The van der Waals surface area contributed by atoms with E-state index in [1.807, 2.05) is 0 Å². The third-order valence-electron chi connectivity index (χ3n) is 2.27. The highest BCUT2D eigenvalue weighted by Crippen LogP contribution is 2.45. The zero-order chi connectivity index (χ0) is 9.47. The second-order valence-electron chi connectivity index (χ2n) is 3.17. The van der Waals surface area contributed by atoms with E-state index < -0.39 is 5.41 Å². The molecular formula is C8H8IN3O. The summed E-state index contributed by atoms with van der Waals surface area (Å²) >= 11 is 2.12. The van der Waals surface area contributed by atoms with Gasteiger partial charge in [0.15, 0.2) is 0 Å². The van der Waals surface area contributed by atoms with Crippen LogP contribution >= 0.6 is 22.6 Å². The maximum Gasteiger partial charge on any atom is 0.231 e. The molecule has 1 amide bonds. The van der Waals surface area contributed by atoms with Crippen molar-refractivity contribution >= 4 is 28.5 Å². The maximum atomic E-state index is 11.1. The van der Waals surface area contributed by atoms with Crippen molar-refractivity contribution in [1.29, 1.82) is 0 Å². The summed E-state index contributed by atoms with van der Waals surface area (Å²) in [6.45, 7) is 0. The fourth-order valence-corrected chi connectivity index (χ4v) is 1.54. The molecule has 2 rings (SSSR count). The van der Waals surface area contributed by atoms with Crippen molar-refractivity contribution in [3.63, 3.8) is 0 Å². The highest BCUT2D eigenvalue weighted by Gasteiger charge is 2.52. The van der Waals surface area contributed by atoms with E-state index in [1.54, 1.807) is 12.4 Å². The fourth-order valence-electron chi connectivity index (χ4n) is 1.26. The Balaban J connectivity index is 2.36. The molecule has 0 spiro atoms. The Bertz CT molecular complexity index is 345. The Hall–Kier alpha value is -0.720. The first-order valence-corrected chi connectivity index (χ1v) is 5.01. The molecule has 1 fully saturated rings. The SMILES string of the molecule is NC(=O)C1(c2ncc(I)cn2)CC1. The molecule has 4 nitrogen and oxygen atoms in total. The van der Waals surface area contributed by atoms with E-state index >= 15 is 0 Å². The lowest BCUT2D eigenvalue weighted by atomic mass is 10.1. The second-order valence-corrected chi connectivity index (χ2v) is 4.42. The third-order valence-corrected chi connectivity index (χ3v) is 2.83. The molecule has 2 N–H and O–H groups in total. The quantitative estimate of drug-likeness (QED) is 0.810. The normalized spacial score (nSPS) is 18.2. The van der Waals surface area contributed by atoms with Gasteiger partial charge in [0.1, 0.15) is 11.2 Å². The number of nitrogens with zero attached hydrogens (tertiary/aromatic N) is 2. The number of carbonyl (C=O) groups is 1. The summed E-state index contributed by atoms with van der Waals surface area (Å²) in [6, 6.07) is 0.